The molecule has 2 nitrogen and oxygen atoms in total. The van der Waals surface area contributed by atoms with Crippen molar-refractivity contribution in [3.05, 3.63) is 84.0 Å². The number of hydrogen-bond acceptors (Lipinski definition) is 2. The third-order valence-corrected chi connectivity index (χ3v) is 5.75. The molecule has 0 aromatic heterocycles. The second-order valence-corrected chi connectivity index (χ2v) is 7.59. The van der Waals surface area contributed by atoms with Crippen molar-refractivity contribution >= 4 is 5.69 Å². The lowest BCUT2D eigenvalue weighted by atomic mass is 9.78. The summed E-state index contributed by atoms with van der Waals surface area (Å²) in [5, 5.41) is 0. The highest BCUT2D eigenvalue weighted by Gasteiger charge is 2.34. The van der Waals surface area contributed by atoms with E-state index >= 15 is 0 Å². The van der Waals surface area contributed by atoms with Gasteiger partial charge in [0.1, 0.15) is 5.75 Å². The molecule has 0 radical (unpaired) electrons. The lowest BCUT2D eigenvalue weighted by Crippen LogP contribution is -2.45. The highest BCUT2D eigenvalue weighted by molar-refractivity contribution is 5.53. The van der Waals surface area contributed by atoms with Crippen LogP contribution in [0, 0.1) is 5.92 Å². The van der Waals surface area contributed by atoms with Crippen molar-refractivity contribution in [1.82, 2.24) is 0 Å². The van der Waals surface area contributed by atoms with Gasteiger partial charge in [-0.15, -0.1) is 13.2 Å². The van der Waals surface area contributed by atoms with E-state index in [-0.39, 0.29) is 11.8 Å². The first-order chi connectivity index (χ1) is 14.0. The summed E-state index contributed by atoms with van der Waals surface area (Å²) in [6.07, 6.45) is 5.98. The van der Waals surface area contributed by atoms with Crippen molar-refractivity contribution in [2.24, 2.45) is 5.92 Å². The predicted molar refractivity (Wildman–Crippen MR) is 109 cm³/mol. The molecule has 0 bridgehead atoms. The van der Waals surface area contributed by atoms with E-state index in [9.17, 15) is 13.2 Å². The topological polar surface area (TPSA) is 12.5 Å². The molecule has 1 saturated heterocycles. The molecule has 0 saturated carbocycles. The molecule has 1 aliphatic carbocycles. The maximum absolute atomic E-state index is 12.5. The molecule has 2 aromatic rings. The zero-order chi connectivity index (χ0) is 20.3. The van der Waals surface area contributed by atoms with Crippen LogP contribution in [-0.4, -0.2) is 18.9 Å². The molecule has 29 heavy (non-hydrogen) atoms. The lowest BCUT2D eigenvalue weighted by Gasteiger charge is -2.44. The molecule has 2 unspecified atom stereocenters. The van der Waals surface area contributed by atoms with Crippen LogP contribution in [0.15, 0.2) is 78.4 Å². The monoisotopic (exact) mass is 399 g/mol. The molecule has 4 rings (SSSR count). The molecule has 0 spiro atoms. The molecule has 152 valence electrons. The smallest absolute Gasteiger partial charge is 0.406 e. The van der Waals surface area contributed by atoms with Gasteiger partial charge in [0.25, 0.3) is 0 Å². The second-order valence-electron chi connectivity index (χ2n) is 7.59. The minimum Gasteiger partial charge on any atom is -0.406 e. The van der Waals surface area contributed by atoms with E-state index in [1.165, 1.54) is 23.3 Å². The van der Waals surface area contributed by atoms with Crippen molar-refractivity contribution in [2.45, 2.75) is 38.1 Å². The van der Waals surface area contributed by atoms with Crippen LogP contribution < -0.4 is 9.64 Å². The average molecular weight is 399 g/mol. The van der Waals surface area contributed by atoms with Crippen LogP contribution in [0.5, 0.6) is 5.75 Å². The number of rotatable bonds is 5. The summed E-state index contributed by atoms with van der Waals surface area (Å²) in [4.78, 5) is 2.34. The molecule has 2 aromatic carbocycles. The van der Waals surface area contributed by atoms with Gasteiger partial charge in [-0.3, -0.25) is 0 Å². The highest BCUT2D eigenvalue weighted by Crippen LogP contribution is 2.38. The van der Waals surface area contributed by atoms with Gasteiger partial charge in [-0.2, -0.15) is 0 Å². The Bertz CT molecular complexity index is 871. The molecule has 5 heteroatoms. The van der Waals surface area contributed by atoms with E-state index in [2.05, 4.69) is 52.1 Å². The Hall–Kier alpha value is -2.69. The normalized spacial score (nSPS) is 21.5. The molecule has 1 aliphatic heterocycles. The Labute approximate surface area is 169 Å². The molecule has 2 atom stereocenters. The number of alkyl halides is 3. The first-order valence-electron chi connectivity index (χ1n) is 10.0. The minimum atomic E-state index is -4.67. The van der Waals surface area contributed by atoms with Gasteiger partial charge < -0.3 is 9.64 Å². The Kier molecular flexibility index (Phi) is 5.65. The summed E-state index contributed by atoms with van der Waals surface area (Å²) >= 11 is 0. The van der Waals surface area contributed by atoms with Crippen LogP contribution in [0.1, 0.15) is 24.8 Å². The van der Waals surface area contributed by atoms with Gasteiger partial charge in [0.15, 0.2) is 0 Å². The maximum Gasteiger partial charge on any atom is 0.573 e. The van der Waals surface area contributed by atoms with Gasteiger partial charge >= 0.3 is 6.36 Å². The first kappa shape index (κ1) is 19.6. The molecule has 1 fully saturated rings. The number of ether oxygens (including phenoxy) is 1. The van der Waals surface area contributed by atoms with Crippen LogP contribution in [0.25, 0.3) is 0 Å². The molecule has 1 heterocycles. The van der Waals surface area contributed by atoms with E-state index in [1.807, 2.05) is 6.07 Å². The molecule has 0 N–H and O–H groups in total. The summed E-state index contributed by atoms with van der Waals surface area (Å²) < 4.78 is 41.4. The predicted octanol–water partition coefficient (Wildman–Crippen LogP) is 6.30. The summed E-state index contributed by atoms with van der Waals surface area (Å²) in [5.74, 6) is 0.377. The largest absolute Gasteiger partial charge is 0.573 e. The number of fused-ring (bicyclic) bond motifs is 1. The van der Waals surface area contributed by atoms with Crippen LogP contribution in [0.3, 0.4) is 0 Å². The number of nitrogens with zero attached hydrogens (tertiary/aromatic N) is 1. The van der Waals surface area contributed by atoms with Crippen LogP contribution in [0.4, 0.5) is 18.9 Å². The SMILES string of the molecule is FC(F)(F)Oc1ccc(N2CCC3CC=CC=C3C2CCc2ccccc2)cc1. The number of aryl methyl sites for hydroxylation is 1. The third kappa shape index (κ3) is 4.84. The Morgan fingerprint density at radius 3 is 2.48 bits per heavy atom. The summed E-state index contributed by atoms with van der Waals surface area (Å²) in [6.45, 7) is 0.898. The number of halogens is 3. The van der Waals surface area contributed by atoms with Gasteiger partial charge in [0.05, 0.1) is 6.04 Å². The van der Waals surface area contributed by atoms with Crippen LogP contribution in [-0.2, 0) is 6.42 Å². The summed E-state index contributed by atoms with van der Waals surface area (Å²) in [7, 11) is 0. The van der Waals surface area contributed by atoms with Crippen molar-refractivity contribution in [3.63, 3.8) is 0 Å². The number of allylic oxidation sites excluding steroid dienone is 3. The lowest BCUT2D eigenvalue weighted by molar-refractivity contribution is -0.274. The van der Waals surface area contributed by atoms with Crippen LogP contribution in [0.2, 0.25) is 0 Å². The van der Waals surface area contributed by atoms with Crippen molar-refractivity contribution < 1.29 is 17.9 Å². The Morgan fingerprint density at radius 2 is 1.76 bits per heavy atom. The number of benzene rings is 2. The molecule has 2 aliphatic rings. The zero-order valence-electron chi connectivity index (χ0n) is 16.1. The van der Waals surface area contributed by atoms with Gasteiger partial charge in [-0.1, -0.05) is 48.6 Å². The Balaban J connectivity index is 1.56. The van der Waals surface area contributed by atoms with Crippen LogP contribution >= 0.6 is 0 Å². The second kappa shape index (κ2) is 8.36. The minimum absolute atomic E-state index is 0.184. The molecular formula is C24H24F3NO. The summed E-state index contributed by atoms with van der Waals surface area (Å²) in [6, 6.07) is 16.9. The first-order valence-corrected chi connectivity index (χ1v) is 10.0. The van der Waals surface area contributed by atoms with E-state index in [0.29, 0.717) is 5.92 Å². The fourth-order valence-electron chi connectivity index (χ4n) is 4.41. The number of anilines is 1. The van der Waals surface area contributed by atoms with Gasteiger partial charge in [-0.05, 0) is 67.0 Å². The standard InChI is InChI=1S/C24H24F3NO/c25-24(26,27)29-21-13-11-20(12-14-21)28-17-16-19-8-4-5-9-22(19)23(28)15-10-18-6-2-1-3-7-18/h1-7,9,11-14,19,23H,8,10,15-17H2. The average Bonchev–Trinajstić information content (AvgIpc) is 2.72. The van der Waals surface area contributed by atoms with E-state index < -0.39 is 6.36 Å². The van der Waals surface area contributed by atoms with E-state index in [1.54, 1.807) is 12.1 Å². The van der Waals surface area contributed by atoms with Gasteiger partial charge in [0, 0.05) is 12.2 Å². The quantitative estimate of drug-likeness (QED) is 0.585. The van der Waals surface area contributed by atoms with E-state index in [0.717, 1.165) is 37.9 Å². The Morgan fingerprint density at radius 1 is 1.00 bits per heavy atom. The van der Waals surface area contributed by atoms with Crippen molar-refractivity contribution in [1.29, 1.82) is 0 Å². The highest BCUT2D eigenvalue weighted by atomic mass is 19.4. The van der Waals surface area contributed by atoms with Gasteiger partial charge in [0.2, 0.25) is 0 Å². The number of piperidine rings is 1. The molecular weight excluding hydrogens is 375 g/mol. The van der Waals surface area contributed by atoms with E-state index in [4.69, 9.17) is 0 Å². The summed E-state index contributed by atoms with van der Waals surface area (Å²) in [5.41, 5.74) is 3.67. The fourth-order valence-corrected chi connectivity index (χ4v) is 4.41. The van der Waals surface area contributed by atoms with Gasteiger partial charge in [-0.25, -0.2) is 0 Å². The van der Waals surface area contributed by atoms with Crippen molar-refractivity contribution in [2.75, 3.05) is 11.4 Å². The fraction of sp³-hybridized carbons (Fsp3) is 0.333. The van der Waals surface area contributed by atoms with Crippen molar-refractivity contribution in [3.8, 4) is 5.75 Å². The zero-order valence-corrected chi connectivity index (χ0v) is 16.1. The molecule has 0 amide bonds. The maximum atomic E-state index is 12.5. The third-order valence-electron chi connectivity index (χ3n) is 5.75. The number of hydrogen-bond donors (Lipinski definition) is 0.